The van der Waals surface area contributed by atoms with Crippen LogP contribution in [0.4, 0.5) is 0 Å². The zero-order valence-electron chi connectivity index (χ0n) is 12.3. The summed E-state index contributed by atoms with van der Waals surface area (Å²) in [5.74, 6) is -1.24. The molecular formula is C13H18N2O5S. The van der Waals surface area contributed by atoms with Gasteiger partial charge in [0.1, 0.15) is 17.2 Å². The molecule has 2 N–H and O–H groups in total. The van der Waals surface area contributed by atoms with Gasteiger partial charge in [-0.05, 0) is 0 Å². The van der Waals surface area contributed by atoms with Crippen molar-refractivity contribution in [3.05, 3.63) is 11.5 Å². The van der Waals surface area contributed by atoms with Crippen molar-refractivity contribution in [1.82, 2.24) is 10.2 Å². The molecule has 2 aliphatic heterocycles. The molecule has 0 aromatic rings. The number of carbonyl (C=O) groups excluding carboxylic acids is 2. The molecular weight excluding hydrogens is 296 g/mol. The quantitative estimate of drug-likeness (QED) is 0.731. The zero-order valence-corrected chi connectivity index (χ0v) is 13.1. The maximum atomic E-state index is 12.2. The van der Waals surface area contributed by atoms with Crippen LogP contribution in [0.25, 0.3) is 0 Å². The molecule has 0 spiro atoms. The molecule has 2 atom stereocenters. The van der Waals surface area contributed by atoms with Gasteiger partial charge < -0.3 is 15.2 Å². The van der Waals surface area contributed by atoms with E-state index >= 15 is 0 Å². The average molecular weight is 314 g/mol. The van der Waals surface area contributed by atoms with E-state index in [0.29, 0.717) is 5.75 Å². The smallest absolute Gasteiger partial charge is 0.356 e. The summed E-state index contributed by atoms with van der Waals surface area (Å²) in [6.45, 7) is 5.26. The van der Waals surface area contributed by atoms with Gasteiger partial charge in [-0.3, -0.25) is 14.5 Å². The molecule has 0 aromatic carbocycles. The highest BCUT2D eigenvalue weighted by atomic mass is 32.2. The highest BCUT2D eigenvalue weighted by Gasteiger charge is 2.55. The first kappa shape index (κ1) is 15.7. The van der Waals surface area contributed by atoms with Gasteiger partial charge >= 0.3 is 5.97 Å². The van der Waals surface area contributed by atoms with Crippen molar-refractivity contribution in [2.24, 2.45) is 5.41 Å². The second-order valence-electron chi connectivity index (χ2n) is 5.89. The number of rotatable bonds is 3. The standard InChI is InChI=1S/C13H18N2O5S/c1-13(2,3)12(19)14-7-9(16)15-8(11(17)18)6(20-4)5-21-10(7)15/h7,10H,5H2,1-4H3,(H,14,19)(H,17,18)/t7-,10+/m1/s1. The van der Waals surface area contributed by atoms with E-state index in [0.717, 1.165) is 0 Å². The lowest BCUT2D eigenvalue weighted by Crippen LogP contribution is -2.71. The van der Waals surface area contributed by atoms with Crippen molar-refractivity contribution in [1.29, 1.82) is 0 Å². The van der Waals surface area contributed by atoms with Crippen molar-refractivity contribution in [3.8, 4) is 0 Å². The highest BCUT2D eigenvalue weighted by molar-refractivity contribution is 8.00. The number of nitrogens with zero attached hydrogens (tertiary/aromatic N) is 1. The monoisotopic (exact) mass is 314 g/mol. The van der Waals surface area contributed by atoms with E-state index in [-0.39, 0.29) is 17.4 Å². The molecule has 2 aliphatic rings. The highest BCUT2D eigenvalue weighted by Crippen LogP contribution is 2.40. The number of fused-ring (bicyclic) bond motifs is 1. The Morgan fingerprint density at radius 2 is 2.05 bits per heavy atom. The molecule has 2 amide bonds. The van der Waals surface area contributed by atoms with Crippen LogP contribution in [0.15, 0.2) is 11.5 Å². The average Bonchev–Trinajstić information content (AvgIpc) is 2.41. The molecule has 2 heterocycles. The van der Waals surface area contributed by atoms with Crippen molar-refractivity contribution in [3.63, 3.8) is 0 Å². The summed E-state index contributed by atoms with van der Waals surface area (Å²) in [4.78, 5) is 36.7. The minimum Gasteiger partial charge on any atom is -0.498 e. The van der Waals surface area contributed by atoms with E-state index in [2.05, 4.69) is 5.32 Å². The van der Waals surface area contributed by atoms with Gasteiger partial charge in [-0.25, -0.2) is 4.79 Å². The summed E-state index contributed by atoms with van der Waals surface area (Å²) in [5.41, 5.74) is -0.740. The summed E-state index contributed by atoms with van der Waals surface area (Å²) in [6.07, 6.45) is 0. The molecule has 2 rings (SSSR count). The Kier molecular flexibility index (Phi) is 3.92. The Morgan fingerprint density at radius 1 is 1.43 bits per heavy atom. The third kappa shape index (κ3) is 2.59. The molecule has 0 saturated carbocycles. The number of carbonyl (C=O) groups is 3. The van der Waals surface area contributed by atoms with Gasteiger partial charge in [0.2, 0.25) is 5.91 Å². The number of methoxy groups -OCH3 is 1. The predicted octanol–water partition coefficient (Wildman–Crippen LogP) is 0.375. The van der Waals surface area contributed by atoms with Crippen LogP contribution in [0, 0.1) is 5.41 Å². The molecule has 7 nitrogen and oxygen atoms in total. The molecule has 1 fully saturated rings. The molecule has 0 unspecified atom stereocenters. The van der Waals surface area contributed by atoms with Crippen LogP contribution in [0.3, 0.4) is 0 Å². The number of nitrogens with one attached hydrogen (secondary N) is 1. The largest absolute Gasteiger partial charge is 0.498 e. The first-order chi connectivity index (χ1) is 9.68. The number of hydrogen-bond acceptors (Lipinski definition) is 5. The lowest BCUT2D eigenvalue weighted by molar-refractivity contribution is -0.152. The van der Waals surface area contributed by atoms with Crippen molar-refractivity contribution in [2.45, 2.75) is 32.2 Å². The maximum Gasteiger partial charge on any atom is 0.356 e. The predicted molar refractivity (Wildman–Crippen MR) is 76.1 cm³/mol. The van der Waals surface area contributed by atoms with Crippen molar-refractivity contribution >= 4 is 29.5 Å². The van der Waals surface area contributed by atoms with E-state index in [1.165, 1.54) is 23.8 Å². The number of carboxylic acid groups (broad SMARTS) is 1. The van der Waals surface area contributed by atoms with Crippen LogP contribution >= 0.6 is 11.8 Å². The minimum atomic E-state index is -1.20. The first-order valence-electron chi connectivity index (χ1n) is 6.44. The molecule has 0 aromatic heterocycles. The van der Waals surface area contributed by atoms with Crippen LogP contribution in [0.2, 0.25) is 0 Å². The summed E-state index contributed by atoms with van der Waals surface area (Å²) in [7, 11) is 1.38. The van der Waals surface area contributed by atoms with Crippen LogP contribution < -0.4 is 5.32 Å². The fourth-order valence-electron chi connectivity index (χ4n) is 2.10. The van der Waals surface area contributed by atoms with Crippen LogP contribution in [0.5, 0.6) is 0 Å². The number of aliphatic carboxylic acids is 1. The van der Waals surface area contributed by atoms with Crippen molar-refractivity contribution < 1.29 is 24.2 Å². The van der Waals surface area contributed by atoms with Gasteiger partial charge in [-0.15, -0.1) is 11.8 Å². The van der Waals surface area contributed by atoms with E-state index < -0.39 is 28.7 Å². The second-order valence-corrected chi connectivity index (χ2v) is 7.00. The summed E-state index contributed by atoms with van der Waals surface area (Å²) in [6, 6.07) is -0.686. The summed E-state index contributed by atoms with van der Waals surface area (Å²) >= 11 is 1.38. The van der Waals surface area contributed by atoms with Gasteiger partial charge in [-0.2, -0.15) is 0 Å². The zero-order chi connectivity index (χ0) is 15.9. The van der Waals surface area contributed by atoms with E-state index in [4.69, 9.17) is 4.74 Å². The molecule has 21 heavy (non-hydrogen) atoms. The van der Waals surface area contributed by atoms with Crippen LogP contribution in [-0.2, 0) is 19.1 Å². The third-order valence-corrected chi connectivity index (χ3v) is 4.60. The number of ether oxygens (including phenoxy) is 1. The Hall–Kier alpha value is -1.70. The van der Waals surface area contributed by atoms with Gasteiger partial charge in [0.05, 0.1) is 12.9 Å². The summed E-state index contributed by atoms with van der Waals surface area (Å²) < 4.78 is 5.03. The molecule has 1 saturated heterocycles. The Morgan fingerprint density at radius 3 is 2.52 bits per heavy atom. The fraction of sp³-hybridized carbons (Fsp3) is 0.615. The molecule has 0 aliphatic carbocycles. The lowest BCUT2D eigenvalue weighted by Gasteiger charge is -2.49. The van der Waals surface area contributed by atoms with Crippen LogP contribution in [0.1, 0.15) is 20.8 Å². The maximum absolute atomic E-state index is 12.2. The lowest BCUT2D eigenvalue weighted by atomic mass is 9.94. The van der Waals surface area contributed by atoms with E-state index in [1.54, 1.807) is 20.8 Å². The topological polar surface area (TPSA) is 95.9 Å². The molecule has 8 heteroatoms. The molecule has 0 radical (unpaired) electrons. The van der Waals surface area contributed by atoms with Crippen molar-refractivity contribution in [2.75, 3.05) is 12.9 Å². The van der Waals surface area contributed by atoms with Crippen LogP contribution in [-0.4, -0.2) is 52.1 Å². The number of amides is 2. The van der Waals surface area contributed by atoms with Gasteiger partial charge in [0, 0.05) is 5.41 Å². The second kappa shape index (κ2) is 5.25. The number of hydrogen-bond donors (Lipinski definition) is 2. The van der Waals surface area contributed by atoms with Gasteiger partial charge in [0.15, 0.2) is 5.70 Å². The SMILES string of the molecule is COC1=C(C(=O)O)N2C(=O)[C@@H](NC(=O)C(C)(C)C)[C@@H]2SC1. The van der Waals surface area contributed by atoms with E-state index in [9.17, 15) is 19.5 Å². The first-order valence-corrected chi connectivity index (χ1v) is 7.49. The Labute approximate surface area is 126 Å². The summed E-state index contributed by atoms with van der Waals surface area (Å²) in [5, 5.41) is 11.5. The Bertz CT molecular complexity index is 537. The molecule has 116 valence electrons. The van der Waals surface area contributed by atoms with E-state index in [1.807, 2.05) is 0 Å². The normalized spacial score (nSPS) is 25.1. The Balaban J connectivity index is 2.19. The number of carboxylic acids is 1. The molecule has 0 bridgehead atoms. The number of β-lactam (4-membered cyclic amide) rings is 1. The fourth-order valence-corrected chi connectivity index (χ4v) is 3.42. The number of thioether (sulfide) groups is 1. The van der Waals surface area contributed by atoms with Gasteiger partial charge in [-0.1, -0.05) is 20.8 Å². The minimum absolute atomic E-state index is 0.132. The third-order valence-electron chi connectivity index (χ3n) is 3.35. The van der Waals surface area contributed by atoms with Gasteiger partial charge in [0.25, 0.3) is 5.91 Å².